The Kier molecular flexibility index (Phi) is 5.02. The van der Waals surface area contributed by atoms with Crippen LogP contribution in [0.4, 0.5) is 23.8 Å². The molecule has 0 fully saturated rings. The molecule has 1 heterocycles. The standard InChI is InChI=1S/C15H11F3N2O4/c16-15(17,18)11-6-10(13(21)22)7-19-12(11)20-14(23)24-8-9-4-2-1-3-5-9/h1-7H,8H2,(H,21,22)(H,19,20,23). The zero-order chi connectivity index (χ0) is 17.7. The van der Waals surface area contributed by atoms with Gasteiger partial charge in [0, 0.05) is 6.20 Å². The average Bonchev–Trinajstić information content (AvgIpc) is 2.53. The third kappa shape index (κ3) is 4.45. The second kappa shape index (κ2) is 6.99. The number of benzene rings is 1. The maximum absolute atomic E-state index is 13.0. The van der Waals surface area contributed by atoms with Gasteiger partial charge in [-0.1, -0.05) is 30.3 Å². The summed E-state index contributed by atoms with van der Waals surface area (Å²) in [5.74, 6) is -2.39. The Labute approximate surface area is 133 Å². The van der Waals surface area contributed by atoms with Crippen LogP contribution in [0.25, 0.3) is 0 Å². The van der Waals surface area contributed by atoms with Crippen LogP contribution in [-0.2, 0) is 17.5 Å². The lowest BCUT2D eigenvalue weighted by molar-refractivity contribution is -0.137. The highest BCUT2D eigenvalue weighted by atomic mass is 19.4. The minimum atomic E-state index is -4.89. The van der Waals surface area contributed by atoms with Gasteiger partial charge in [-0.3, -0.25) is 5.32 Å². The SMILES string of the molecule is O=C(Nc1ncc(C(=O)O)cc1C(F)(F)F)OCc1ccccc1. The van der Waals surface area contributed by atoms with E-state index in [0.29, 0.717) is 17.8 Å². The van der Waals surface area contributed by atoms with E-state index in [1.54, 1.807) is 30.3 Å². The molecular formula is C15H11F3N2O4. The molecule has 0 aliphatic rings. The summed E-state index contributed by atoms with van der Waals surface area (Å²) in [6, 6.07) is 8.92. The van der Waals surface area contributed by atoms with E-state index < -0.39 is 35.2 Å². The molecule has 0 aliphatic carbocycles. The number of aromatic nitrogens is 1. The molecule has 0 unspecified atom stereocenters. The Bertz CT molecular complexity index is 748. The number of nitrogens with zero attached hydrogens (tertiary/aromatic N) is 1. The topological polar surface area (TPSA) is 88.5 Å². The van der Waals surface area contributed by atoms with Crippen molar-refractivity contribution in [2.75, 3.05) is 5.32 Å². The van der Waals surface area contributed by atoms with Gasteiger partial charge in [-0.25, -0.2) is 14.6 Å². The first-order chi connectivity index (χ1) is 11.3. The van der Waals surface area contributed by atoms with Crippen LogP contribution >= 0.6 is 0 Å². The third-order valence-electron chi connectivity index (χ3n) is 2.87. The van der Waals surface area contributed by atoms with Crippen LogP contribution in [0.5, 0.6) is 0 Å². The van der Waals surface area contributed by atoms with Crippen molar-refractivity contribution in [1.82, 2.24) is 4.98 Å². The lowest BCUT2D eigenvalue weighted by Gasteiger charge is -2.13. The summed E-state index contributed by atoms with van der Waals surface area (Å²) in [6.07, 6.45) is -5.31. The highest BCUT2D eigenvalue weighted by molar-refractivity contribution is 5.89. The number of aromatic carboxylic acids is 1. The van der Waals surface area contributed by atoms with Crippen LogP contribution in [0.2, 0.25) is 0 Å². The van der Waals surface area contributed by atoms with Crippen molar-refractivity contribution < 1.29 is 32.6 Å². The van der Waals surface area contributed by atoms with E-state index in [4.69, 9.17) is 9.84 Å². The number of carboxylic acids is 1. The Hall–Kier alpha value is -3.10. The third-order valence-corrected chi connectivity index (χ3v) is 2.87. The van der Waals surface area contributed by atoms with Crippen molar-refractivity contribution in [1.29, 1.82) is 0 Å². The number of carbonyl (C=O) groups is 2. The second-order valence-corrected chi connectivity index (χ2v) is 4.61. The second-order valence-electron chi connectivity index (χ2n) is 4.61. The van der Waals surface area contributed by atoms with Crippen molar-refractivity contribution in [2.24, 2.45) is 0 Å². The van der Waals surface area contributed by atoms with Crippen LogP contribution in [-0.4, -0.2) is 22.2 Å². The van der Waals surface area contributed by atoms with E-state index in [0.717, 1.165) is 0 Å². The summed E-state index contributed by atoms with van der Waals surface area (Å²) in [5, 5.41) is 10.6. The van der Waals surface area contributed by atoms with Gasteiger partial charge in [-0.15, -0.1) is 0 Å². The molecular weight excluding hydrogens is 329 g/mol. The van der Waals surface area contributed by atoms with Crippen molar-refractivity contribution in [3.63, 3.8) is 0 Å². The predicted molar refractivity (Wildman–Crippen MR) is 76.4 cm³/mol. The Morgan fingerprint density at radius 1 is 1.21 bits per heavy atom. The van der Waals surface area contributed by atoms with Crippen LogP contribution in [0.1, 0.15) is 21.5 Å². The first kappa shape index (κ1) is 17.3. The zero-order valence-corrected chi connectivity index (χ0v) is 12.0. The Balaban J connectivity index is 2.13. The van der Waals surface area contributed by atoms with Crippen LogP contribution in [0.3, 0.4) is 0 Å². The number of carboxylic acid groups (broad SMARTS) is 1. The summed E-state index contributed by atoms with van der Waals surface area (Å²) in [4.78, 5) is 25.7. The van der Waals surface area contributed by atoms with E-state index >= 15 is 0 Å². The summed E-state index contributed by atoms with van der Waals surface area (Å²) >= 11 is 0. The first-order valence-corrected chi connectivity index (χ1v) is 6.55. The lowest BCUT2D eigenvalue weighted by Crippen LogP contribution is -2.19. The number of carbonyl (C=O) groups excluding carboxylic acids is 1. The fraction of sp³-hybridized carbons (Fsp3) is 0.133. The van der Waals surface area contributed by atoms with Gasteiger partial charge in [-0.2, -0.15) is 13.2 Å². The molecule has 0 aliphatic heterocycles. The molecule has 1 amide bonds. The number of alkyl halides is 3. The Morgan fingerprint density at radius 2 is 1.88 bits per heavy atom. The number of halogens is 3. The maximum Gasteiger partial charge on any atom is 0.419 e. The van der Waals surface area contributed by atoms with Crippen molar-refractivity contribution in [2.45, 2.75) is 12.8 Å². The highest BCUT2D eigenvalue weighted by Gasteiger charge is 2.36. The molecule has 0 atom stereocenters. The van der Waals surface area contributed by atoms with Gasteiger partial charge in [0.25, 0.3) is 0 Å². The molecule has 0 saturated heterocycles. The first-order valence-electron chi connectivity index (χ1n) is 6.55. The normalized spacial score (nSPS) is 11.0. The summed E-state index contributed by atoms with van der Waals surface area (Å²) in [6.45, 7) is -0.138. The van der Waals surface area contributed by atoms with Gasteiger partial charge in [0.05, 0.1) is 11.1 Å². The van der Waals surface area contributed by atoms with Gasteiger partial charge in [0.1, 0.15) is 12.4 Å². The minimum absolute atomic E-state index is 0.138. The molecule has 0 spiro atoms. The molecule has 1 aromatic heterocycles. The predicted octanol–water partition coefficient (Wildman–Crippen LogP) is 3.55. The molecule has 2 aromatic rings. The fourth-order valence-corrected chi connectivity index (χ4v) is 1.75. The summed E-state index contributed by atoms with van der Waals surface area (Å²) in [5.41, 5.74) is -1.37. The number of anilines is 1. The lowest BCUT2D eigenvalue weighted by atomic mass is 10.2. The van der Waals surface area contributed by atoms with Crippen molar-refractivity contribution in [3.05, 3.63) is 59.3 Å². The van der Waals surface area contributed by atoms with E-state index in [9.17, 15) is 22.8 Å². The monoisotopic (exact) mass is 340 g/mol. The van der Waals surface area contributed by atoms with Crippen LogP contribution in [0.15, 0.2) is 42.6 Å². The number of ether oxygens (including phenoxy) is 1. The quantitative estimate of drug-likeness (QED) is 0.889. The van der Waals surface area contributed by atoms with Gasteiger partial charge < -0.3 is 9.84 Å². The van der Waals surface area contributed by atoms with Crippen molar-refractivity contribution >= 4 is 17.9 Å². The molecule has 2 N–H and O–H groups in total. The number of hydrogen-bond donors (Lipinski definition) is 2. The molecule has 6 nitrogen and oxygen atoms in total. The van der Waals surface area contributed by atoms with E-state index in [2.05, 4.69) is 4.98 Å². The largest absolute Gasteiger partial charge is 0.478 e. The molecule has 0 bridgehead atoms. The van der Waals surface area contributed by atoms with Crippen LogP contribution < -0.4 is 5.32 Å². The summed E-state index contributed by atoms with van der Waals surface area (Å²) in [7, 11) is 0. The van der Waals surface area contributed by atoms with Gasteiger partial charge in [0.15, 0.2) is 0 Å². The van der Waals surface area contributed by atoms with Crippen molar-refractivity contribution in [3.8, 4) is 0 Å². The molecule has 0 radical (unpaired) electrons. The zero-order valence-electron chi connectivity index (χ0n) is 12.0. The molecule has 1 aromatic carbocycles. The van der Waals surface area contributed by atoms with E-state index in [-0.39, 0.29) is 6.61 Å². The van der Waals surface area contributed by atoms with Gasteiger partial charge in [-0.05, 0) is 11.6 Å². The van der Waals surface area contributed by atoms with Gasteiger partial charge in [0.2, 0.25) is 0 Å². The maximum atomic E-state index is 13.0. The average molecular weight is 340 g/mol. The number of nitrogens with one attached hydrogen (secondary N) is 1. The number of amides is 1. The molecule has 2 rings (SSSR count). The number of hydrogen-bond acceptors (Lipinski definition) is 4. The summed E-state index contributed by atoms with van der Waals surface area (Å²) < 4.78 is 43.7. The number of pyridine rings is 1. The van der Waals surface area contributed by atoms with E-state index in [1.807, 2.05) is 5.32 Å². The van der Waals surface area contributed by atoms with Crippen LogP contribution in [0, 0.1) is 0 Å². The molecule has 0 saturated carbocycles. The van der Waals surface area contributed by atoms with E-state index in [1.165, 1.54) is 0 Å². The molecule has 24 heavy (non-hydrogen) atoms. The molecule has 126 valence electrons. The minimum Gasteiger partial charge on any atom is -0.478 e. The number of rotatable bonds is 4. The highest BCUT2D eigenvalue weighted by Crippen LogP contribution is 2.34. The molecule has 9 heteroatoms. The fourth-order valence-electron chi connectivity index (χ4n) is 1.75. The Morgan fingerprint density at radius 3 is 2.46 bits per heavy atom. The van der Waals surface area contributed by atoms with Gasteiger partial charge >= 0.3 is 18.2 Å². The smallest absolute Gasteiger partial charge is 0.419 e.